The third kappa shape index (κ3) is 1.98. The maximum absolute atomic E-state index is 12.6. The van der Waals surface area contributed by atoms with Gasteiger partial charge in [-0.3, -0.25) is 4.79 Å². The number of H-pyrrole nitrogens is 1. The molecule has 5 heteroatoms. The summed E-state index contributed by atoms with van der Waals surface area (Å²) in [4.78, 5) is 15.8. The van der Waals surface area contributed by atoms with Crippen molar-refractivity contribution >= 4 is 10.9 Å². The number of nitrogens with zero attached hydrogens (tertiary/aromatic N) is 2. The van der Waals surface area contributed by atoms with E-state index in [0.717, 1.165) is 27.7 Å². The van der Waals surface area contributed by atoms with Crippen LogP contribution in [0, 0.1) is 6.92 Å². The van der Waals surface area contributed by atoms with Gasteiger partial charge in [-0.1, -0.05) is 30.3 Å². The number of hydrogen-bond donors (Lipinski definition) is 2. The van der Waals surface area contributed by atoms with E-state index in [1.165, 1.54) is 4.68 Å². The number of fused-ring (bicyclic) bond motifs is 3. The summed E-state index contributed by atoms with van der Waals surface area (Å²) in [6.45, 7) is 1.93. The van der Waals surface area contributed by atoms with Gasteiger partial charge in [0.15, 0.2) is 0 Å². The Morgan fingerprint density at radius 2 is 1.96 bits per heavy atom. The molecule has 0 radical (unpaired) electrons. The molecule has 0 aliphatic carbocycles. The fourth-order valence-corrected chi connectivity index (χ4v) is 2.94. The van der Waals surface area contributed by atoms with Gasteiger partial charge >= 0.3 is 0 Å². The number of aliphatic hydroxyl groups excluding tert-OH is 1. The van der Waals surface area contributed by atoms with Crippen LogP contribution in [0.4, 0.5) is 0 Å². The number of nitrogens with one attached hydrogen (secondary N) is 1. The quantitative estimate of drug-likeness (QED) is 0.598. The second-order valence-electron chi connectivity index (χ2n) is 5.53. The van der Waals surface area contributed by atoms with Crippen molar-refractivity contribution in [2.75, 3.05) is 0 Å². The molecule has 0 saturated heterocycles. The van der Waals surface area contributed by atoms with E-state index in [9.17, 15) is 9.90 Å². The van der Waals surface area contributed by atoms with Crippen LogP contribution in [0.5, 0.6) is 0 Å². The summed E-state index contributed by atoms with van der Waals surface area (Å²) < 4.78 is 1.42. The summed E-state index contributed by atoms with van der Waals surface area (Å²) in [5, 5.41) is 14.8. The van der Waals surface area contributed by atoms with Crippen LogP contribution >= 0.6 is 0 Å². The minimum atomic E-state index is -0.145. The molecule has 114 valence electrons. The van der Waals surface area contributed by atoms with Gasteiger partial charge in [-0.15, -0.1) is 0 Å². The molecular formula is C18H15N3O2. The standard InChI is InChI=1S/C18H15N3O2/c1-11-12(10-22)7-8-14-16(11)19-9-15-17(14)20-21(18(15)23)13-5-3-2-4-6-13/h2-9,19,22H,10H2,1H3. The normalized spacial score (nSPS) is 11.4. The van der Waals surface area contributed by atoms with Crippen molar-refractivity contribution in [1.82, 2.24) is 14.8 Å². The molecule has 23 heavy (non-hydrogen) atoms. The summed E-state index contributed by atoms with van der Waals surface area (Å²) >= 11 is 0. The van der Waals surface area contributed by atoms with Crippen molar-refractivity contribution < 1.29 is 5.11 Å². The Labute approximate surface area is 132 Å². The second kappa shape index (κ2) is 5.07. The molecule has 0 amide bonds. The molecule has 5 nitrogen and oxygen atoms in total. The summed E-state index contributed by atoms with van der Waals surface area (Å²) in [5.41, 5.74) is 4.53. The molecule has 0 bridgehead atoms. The van der Waals surface area contributed by atoms with E-state index < -0.39 is 0 Å². The van der Waals surface area contributed by atoms with Crippen LogP contribution in [0.15, 0.2) is 53.5 Å². The molecule has 2 aromatic carbocycles. The minimum absolute atomic E-state index is 0.0150. The topological polar surface area (TPSA) is 70.9 Å². The Kier molecular flexibility index (Phi) is 3.02. The van der Waals surface area contributed by atoms with Crippen molar-refractivity contribution in [3.05, 3.63) is 70.1 Å². The van der Waals surface area contributed by atoms with Crippen molar-refractivity contribution in [3.8, 4) is 16.9 Å². The van der Waals surface area contributed by atoms with Crippen LogP contribution in [0.3, 0.4) is 0 Å². The van der Waals surface area contributed by atoms with Crippen molar-refractivity contribution in [1.29, 1.82) is 0 Å². The molecule has 2 aromatic rings. The van der Waals surface area contributed by atoms with Gasteiger partial charge in [0.05, 0.1) is 23.4 Å². The third-order valence-corrected chi connectivity index (χ3v) is 4.24. The minimum Gasteiger partial charge on any atom is -0.392 e. The number of aliphatic hydroxyl groups is 1. The monoisotopic (exact) mass is 305 g/mol. The van der Waals surface area contributed by atoms with Crippen molar-refractivity contribution in [2.45, 2.75) is 13.5 Å². The smallest absolute Gasteiger partial charge is 0.282 e. The molecule has 0 unspecified atom stereocenters. The summed E-state index contributed by atoms with van der Waals surface area (Å²) in [7, 11) is 0. The lowest BCUT2D eigenvalue weighted by atomic mass is 10.0. The maximum atomic E-state index is 12.6. The predicted octanol–water partition coefficient (Wildman–Crippen LogP) is 2.62. The first-order chi connectivity index (χ1) is 11.2. The Hall–Kier alpha value is -2.92. The average Bonchev–Trinajstić information content (AvgIpc) is 2.93. The number of benzene rings is 2. The van der Waals surface area contributed by atoms with Gasteiger partial charge in [0.2, 0.25) is 0 Å². The largest absolute Gasteiger partial charge is 0.392 e. The Morgan fingerprint density at radius 1 is 1.17 bits per heavy atom. The lowest BCUT2D eigenvalue weighted by molar-refractivity contribution is 0.281. The molecule has 2 aliphatic heterocycles. The lowest BCUT2D eigenvalue weighted by Gasteiger charge is -2.09. The zero-order valence-corrected chi connectivity index (χ0v) is 12.6. The average molecular weight is 305 g/mol. The van der Waals surface area contributed by atoms with Crippen LogP contribution in [-0.4, -0.2) is 19.9 Å². The van der Waals surface area contributed by atoms with Gasteiger partial charge in [0, 0.05) is 11.6 Å². The van der Waals surface area contributed by atoms with Gasteiger partial charge in [-0.2, -0.15) is 9.78 Å². The molecule has 0 saturated carbocycles. The molecule has 0 spiro atoms. The second-order valence-corrected chi connectivity index (χ2v) is 5.53. The highest BCUT2D eigenvalue weighted by molar-refractivity contribution is 5.95. The van der Waals surface area contributed by atoms with Crippen LogP contribution < -0.4 is 5.56 Å². The van der Waals surface area contributed by atoms with Crippen LogP contribution in [0.1, 0.15) is 11.1 Å². The Bertz CT molecular complexity index is 1030. The van der Waals surface area contributed by atoms with E-state index in [4.69, 9.17) is 0 Å². The molecule has 2 heterocycles. The highest BCUT2D eigenvalue weighted by Gasteiger charge is 2.19. The predicted molar refractivity (Wildman–Crippen MR) is 89.0 cm³/mol. The van der Waals surface area contributed by atoms with Crippen molar-refractivity contribution in [2.24, 2.45) is 0 Å². The molecule has 0 aromatic heterocycles. The van der Waals surface area contributed by atoms with E-state index in [-0.39, 0.29) is 12.2 Å². The van der Waals surface area contributed by atoms with Crippen LogP contribution in [-0.2, 0) is 6.61 Å². The Morgan fingerprint density at radius 3 is 2.70 bits per heavy atom. The molecule has 4 rings (SSSR count). The van der Waals surface area contributed by atoms with E-state index in [1.54, 1.807) is 6.20 Å². The van der Waals surface area contributed by atoms with E-state index >= 15 is 0 Å². The van der Waals surface area contributed by atoms with E-state index in [0.29, 0.717) is 11.3 Å². The SMILES string of the molecule is Cc1c(CO)ccc2c3nn(-c4ccccc4)c(=O)c-3c[nH]c12. The third-order valence-electron chi connectivity index (χ3n) is 4.24. The van der Waals surface area contributed by atoms with E-state index in [1.807, 2.05) is 49.4 Å². The summed E-state index contributed by atoms with van der Waals surface area (Å²) in [6, 6.07) is 13.1. The zero-order valence-electron chi connectivity index (χ0n) is 12.6. The number of para-hydroxylation sites is 1. The fraction of sp³-hybridized carbons (Fsp3) is 0.111. The number of aryl methyl sites for hydroxylation is 1. The molecule has 2 aliphatic rings. The highest BCUT2D eigenvalue weighted by Crippen LogP contribution is 2.29. The van der Waals surface area contributed by atoms with E-state index in [2.05, 4.69) is 10.1 Å². The molecule has 0 atom stereocenters. The van der Waals surface area contributed by atoms with Gasteiger partial charge in [-0.05, 0) is 30.2 Å². The number of hydrogen-bond acceptors (Lipinski definition) is 3. The number of aromatic nitrogens is 3. The molecule has 0 fully saturated rings. The lowest BCUT2D eigenvalue weighted by Crippen LogP contribution is -2.14. The zero-order chi connectivity index (χ0) is 16.0. The van der Waals surface area contributed by atoms with Gasteiger partial charge in [0.1, 0.15) is 5.69 Å². The first kappa shape index (κ1) is 13.7. The number of rotatable bonds is 2. The first-order valence-corrected chi connectivity index (χ1v) is 7.39. The maximum Gasteiger partial charge on any atom is 0.282 e. The fourth-order valence-electron chi connectivity index (χ4n) is 2.94. The Balaban J connectivity index is 2.06. The van der Waals surface area contributed by atoms with Gasteiger partial charge in [-0.25, -0.2) is 0 Å². The van der Waals surface area contributed by atoms with Gasteiger partial charge < -0.3 is 10.1 Å². The molecule has 2 N–H and O–H groups in total. The first-order valence-electron chi connectivity index (χ1n) is 7.39. The summed E-state index contributed by atoms with van der Waals surface area (Å²) in [5.74, 6) is 0. The summed E-state index contributed by atoms with van der Waals surface area (Å²) in [6.07, 6.45) is 1.70. The van der Waals surface area contributed by atoms with Crippen molar-refractivity contribution in [3.63, 3.8) is 0 Å². The van der Waals surface area contributed by atoms with Gasteiger partial charge in [0.25, 0.3) is 5.56 Å². The number of aromatic amines is 1. The molecular weight excluding hydrogens is 290 g/mol. The highest BCUT2D eigenvalue weighted by atomic mass is 16.3. The number of pyridine rings is 1. The van der Waals surface area contributed by atoms with Crippen LogP contribution in [0.25, 0.3) is 27.8 Å². The van der Waals surface area contributed by atoms with Crippen LogP contribution in [0.2, 0.25) is 0 Å².